The monoisotopic (exact) mass is 171 g/mol. The zero-order valence-corrected chi connectivity index (χ0v) is 8.58. The van der Waals surface area contributed by atoms with Crippen molar-refractivity contribution in [1.82, 2.24) is 15.1 Å². The van der Waals surface area contributed by atoms with Gasteiger partial charge >= 0.3 is 0 Å². The van der Waals surface area contributed by atoms with Crippen LogP contribution in [0.3, 0.4) is 0 Å². The zero-order valence-electron chi connectivity index (χ0n) is 8.58. The van der Waals surface area contributed by atoms with Crippen LogP contribution in [0.2, 0.25) is 0 Å². The molecule has 0 aromatic carbocycles. The number of hydrazine groups is 2. The fourth-order valence-electron chi connectivity index (χ4n) is 1.80. The van der Waals surface area contributed by atoms with Gasteiger partial charge in [-0.05, 0) is 12.8 Å². The van der Waals surface area contributed by atoms with Gasteiger partial charge in [0, 0.05) is 33.2 Å². The summed E-state index contributed by atoms with van der Waals surface area (Å²) in [4.78, 5) is 0. The van der Waals surface area contributed by atoms with Gasteiger partial charge < -0.3 is 0 Å². The third-order valence-electron chi connectivity index (χ3n) is 2.63. The molecule has 0 radical (unpaired) electrons. The van der Waals surface area contributed by atoms with E-state index in [0.717, 1.165) is 13.1 Å². The van der Waals surface area contributed by atoms with Crippen LogP contribution in [0.15, 0.2) is 0 Å². The highest BCUT2D eigenvalue weighted by atomic mass is 15.8. The van der Waals surface area contributed by atoms with Gasteiger partial charge in [0.1, 0.15) is 0 Å². The predicted octanol–water partition coefficient (Wildman–Crippen LogP) is 1.19. The smallest absolute Gasteiger partial charge is 0.0179 e. The topological polar surface area (TPSA) is 9.72 Å². The Bertz CT molecular complexity index is 115. The second-order valence-electron chi connectivity index (χ2n) is 3.29. The molecule has 72 valence electrons. The summed E-state index contributed by atoms with van der Waals surface area (Å²) in [5.74, 6) is 0. The van der Waals surface area contributed by atoms with E-state index in [1.54, 1.807) is 0 Å². The predicted molar refractivity (Wildman–Crippen MR) is 51.5 cm³/mol. The van der Waals surface area contributed by atoms with Crippen LogP contribution in [-0.2, 0) is 0 Å². The van der Waals surface area contributed by atoms with E-state index in [2.05, 4.69) is 36.0 Å². The molecule has 1 fully saturated rings. The van der Waals surface area contributed by atoms with Crippen molar-refractivity contribution in [2.75, 3.05) is 33.2 Å². The van der Waals surface area contributed by atoms with E-state index in [-0.39, 0.29) is 0 Å². The van der Waals surface area contributed by atoms with E-state index in [1.165, 1.54) is 25.9 Å². The number of hydrogen-bond acceptors (Lipinski definition) is 3. The molecule has 0 unspecified atom stereocenters. The van der Waals surface area contributed by atoms with Gasteiger partial charge in [0.15, 0.2) is 0 Å². The van der Waals surface area contributed by atoms with E-state index >= 15 is 0 Å². The average Bonchev–Trinajstić information content (AvgIpc) is 2.58. The number of nitrogens with zero attached hydrogens (tertiary/aromatic N) is 3. The quantitative estimate of drug-likeness (QED) is 0.588. The van der Waals surface area contributed by atoms with Crippen molar-refractivity contribution in [2.45, 2.75) is 26.7 Å². The molecule has 1 rings (SSSR count). The van der Waals surface area contributed by atoms with Crippen molar-refractivity contribution in [1.29, 1.82) is 0 Å². The molecule has 3 heteroatoms. The molecule has 0 bridgehead atoms. The minimum absolute atomic E-state index is 1.10. The number of hydrogen-bond donors (Lipinski definition) is 0. The first-order valence-electron chi connectivity index (χ1n) is 5.03. The fourth-order valence-corrected chi connectivity index (χ4v) is 1.80. The van der Waals surface area contributed by atoms with Crippen LogP contribution < -0.4 is 0 Å². The van der Waals surface area contributed by atoms with Crippen molar-refractivity contribution in [3.63, 3.8) is 0 Å². The first-order chi connectivity index (χ1) is 5.79. The van der Waals surface area contributed by atoms with Crippen LogP contribution in [0.1, 0.15) is 26.7 Å². The normalized spacial score (nSPS) is 19.8. The molecule has 0 aromatic heterocycles. The molecule has 3 nitrogen and oxygen atoms in total. The molecule has 0 atom stereocenters. The van der Waals surface area contributed by atoms with Crippen molar-refractivity contribution in [3.05, 3.63) is 0 Å². The molecule has 0 N–H and O–H groups in total. The molecule has 12 heavy (non-hydrogen) atoms. The molecule has 0 amide bonds. The Hall–Kier alpha value is -0.120. The summed E-state index contributed by atoms with van der Waals surface area (Å²) in [6.07, 6.45) is 2.71. The van der Waals surface area contributed by atoms with Gasteiger partial charge in [-0.1, -0.05) is 13.8 Å². The molecule has 1 aliphatic heterocycles. The molecule has 0 saturated carbocycles. The molecule has 1 heterocycles. The van der Waals surface area contributed by atoms with E-state index in [1.807, 2.05) is 0 Å². The maximum Gasteiger partial charge on any atom is 0.0179 e. The van der Waals surface area contributed by atoms with Gasteiger partial charge in [-0.25, -0.2) is 10.0 Å². The lowest BCUT2D eigenvalue weighted by Crippen LogP contribution is -2.49. The van der Waals surface area contributed by atoms with Crippen LogP contribution in [0.4, 0.5) is 0 Å². The summed E-state index contributed by atoms with van der Waals surface area (Å²) in [6.45, 7) is 9.07. The Balaban J connectivity index is 2.37. The highest BCUT2D eigenvalue weighted by Crippen LogP contribution is 2.11. The van der Waals surface area contributed by atoms with Crippen molar-refractivity contribution in [3.8, 4) is 0 Å². The van der Waals surface area contributed by atoms with Crippen molar-refractivity contribution < 1.29 is 0 Å². The molecule has 0 aromatic rings. The first kappa shape index (κ1) is 9.96. The van der Waals surface area contributed by atoms with Gasteiger partial charge in [-0.2, -0.15) is 5.12 Å². The maximum absolute atomic E-state index is 2.42. The Labute approximate surface area is 75.9 Å². The van der Waals surface area contributed by atoms with Crippen LogP contribution in [0.25, 0.3) is 0 Å². The Morgan fingerprint density at radius 1 is 1.08 bits per heavy atom. The lowest BCUT2D eigenvalue weighted by Gasteiger charge is -2.36. The molecule has 0 aliphatic carbocycles. The van der Waals surface area contributed by atoms with Gasteiger partial charge in [-0.15, -0.1) is 0 Å². The largest absolute Gasteiger partial charge is 0.229 e. The van der Waals surface area contributed by atoms with E-state index in [0.29, 0.717) is 0 Å². The van der Waals surface area contributed by atoms with Gasteiger partial charge in [0.2, 0.25) is 0 Å². The SMILES string of the molecule is CCN(CC)N(C)N1CCCC1. The molecule has 1 saturated heterocycles. The summed E-state index contributed by atoms with van der Waals surface area (Å²) in [5, 5.41) is 7.06. The molecule has 0 spiro atoms. The van der Waals surface area contributed by atoms with Gasteiger partial charge in [0.25, 0.3) is 0 Å². The second kappa shape index (κ2) is 4.80. The van der Waals surface area contributed by atoms with Crippen LogP contribution in [-0.4, -0.2) is 48.4 Å². The molecular formula is C9H21N3. The minimum Gasteiger partial charge on any atom is -0.229 e. The molecular weight excluding hydrogens is 150 g/mol. The van der Waals surface area contributed by atoms with Gasteiger partial charge in [-0.3, -0.25) is 0 Å². The first-order valence-corrected chi connectivity index (χ1v) is 5.03. The summed E-state index contributed by atoms with van der Waals surface area (Å²) in [7, 11) is 2.16. The Morgan fingerprint density at radius 3 is 2.00 bits per heavy atom. The molecule has 1 aliphatic rings. The minimum atomic E-state index is 1.10. The lowest BCUT2D eigenvalue weighted by molar-refractivity contribution is -0.150. The summed E-state index contributed by atoms with van der Waals surface area (Å²) < 4.78 is 0. The Morgan fingerprint density at radius 2 is 1.58 bits per heavy atom. The third-order valence-corrected chi connectivity index (χ3v) is 2.63. The number of rotatable bonds is 4. The highest BCUT2D eigenvalue weighted by Gasteiger charge is 2.19. The lowest BCUT2D eigenvalue weighted by atomic mass is 10.4. The standard InChI is InChI=1S/C9H21N3/c1-4-11(5-2)10(3)12-8-6-7-9-12/h4-9H2,1-3H3. The van der Waals surface area contributed by atoms with Crippen molar-refractivity contribution in [2.24, 2.45) is 0 Å². The maximum atomic E-state index is 2.42. The van der Waals surface area contributed by atoms with Crippen LogP contribution in [0, 0.1) is 0 Å². The van der Waals surface area contributed by atoms with Crippen LogP contribution >= 0.6 is 0 Å². The van der Waals surface area contributed by atoms with Crippen LogP contribution in [0.5, 0.6) is 0 Å². The second-order valence-corrected chi connectivity index (χ2v) is 3.29. The highest BCUT2D eigenvalue weighted by molar-refractivity contribution is 4.62. The average molecular weight is 171 g/mol. The summed E-state index contributed by atoms with van der Waals surface area (Å²) >= 11 is 0. The van der Waals surface area contributed by atoms with E-state index in [9.17, 15) is 0 Å². The van der Waals surface area contributed by atoms with E-state index in [4.69, 9.17) is 0 Å². The zero-order chi connectivity index (χ0) is 8.97. The summed E-state index contributed by atoms with van der Waals surface area (Å²) in [5.41, 5.74) is 0. The Kier molecular flexibility index (Phi) is 3.98. The third kappa shape index (κ3) is 2.19. The van der Waals surface area contributed by atoms with Crippen molar-refractivity contribution >= 4 is 0 Å². The fraction of sp³-hybridized carbons (Fsp3) is 1.00. The van der Waals surface area contributed by atoms with Gasteiger partial charge in [0.05, 0.1) is 0 Å². The van der Waals surface area contributed by atoms with E-state index < -0.39 is 0 Å². The summed E-state index contributed by atoms with van der Waals surface area (Å²) in [6, 6.07) is 0.